The summed E-state index contributed by atoms with van der Waals surface area (Å²) in [6.07, 6.45) is 1.67. The van der Waals surface area contributed by atoms with E-state index < -0.39 is 26.5 Å². The zero-order valence-electron chi connectivity index (χ0n) is 11.1. The van der Waals surface area contributed by atoms with Gasteiger partial charge in [0, 0.05) is 20.8 Å². The van der Waals surface area contributed by atoms with Crippen molar-refractivity contribution in [3.05, 3.63) is 12.2 Å². The fourth-order valence-corrected chi connectivity index (χ4v) is 0.259. The molecule has 0 heterocycles. The quantitative estimate of drug-likeness (QED) is 0.633. The van der Waals surface area contributed by atoms with Crippen molar-refractivity contribution < 1.29 is 18.1 Å². The number of carboxylic acids is 1. The second-order valence-electron chi connectivity index (χ2n) is 1.35. The highest BCUT2D eigenvalue weighted by Gasteiger charge is 1.85. The summed E-state index contributed by atoms with van der Waals surface area (Å²) in [5.41, 5.74) is 0. The number of rotatable bonds is 3. The maximum atomic E-state index is 10.1. The molecule has 0 amide bonds. The monoisotopic (exact) mass is 171 g/mol. The van der Waals surface area contributed by atoms with Gasteiger partial charge in [-0.05, 0) is 14.0 Å². The smallest absolute Gasteiger partial charge is 0.328 e. The van der Waals surface area contributed by atoms with Gasteiger partial charge in [0.1, 0.15) is 0 Å². The lowest BCUT2D eigenvalue weighted by Gasteiger charge is -2.02. The predicted octanol–water partition coefficient (Wildman–Crippen LogP) is 0.611. The molecule has 0 spiro atoms. The highest BCUT2D eigenvalue weighted by molar-refractivity contribution is 5.85. The standard InChI is InChI=1S/C6H11NO2.ClH/c1-7(2)5-3-4-6(8)9;/h3-4H,5H2,1-2H3,(H,8,9);1H/i1D3,2D3;. The third-order valence-corrected chi connectivity index (χ3v) is 0.548. The molecule has 0 aromatic heterocycles. The molecule has 0 aliphatic carbocycles. The minimum Gasteiger partial charge on any atom is -0.478 e. The van der Waals surface area contributed by atoms with Crippen molar-refractivity contribution >= 4 is 18.4 Å². The Morgan fingerprint density at radius 2 is 2.40 bits per heavy atom. The normalized spacial score (nSPS) is 21.3. The number of hydrogen-bond donors (Lipinski definition) is 1. The second kappa shape index (κ2) is 6.58. The van der Waals surface area contributed by atoms with Gasteiger partial charge >= 0.3 is 5.97 Å². The summed E-state index contributed by atoms with van der Waals surface area (Å²) in [7, 11) is 0. The Labute approximate surface area is 75.2 Å². The van der Waals surface area contributed by atoms with Crippen LogP contribution in [0, 0.1) is 0 Å². The molecule has 0 fully saturated rings. The van der Waals surface area contributed by atoms with E-state index in [4.69, 9.17) is 13.3 Å². The van der Waals surface area contributed by atoms with Crippen LogP contribution in [-0.2, 0) is 4.79 Å². The van der Waals surface area contributed by atoms with Crippen LogP contribution in [0.5, 0.6) is 0 Å². The summed E-state index contributed by atoms with van der Waals surface area (Å²) in [4.78, 5) is 10.4. The molecular formula is C6H12ClNO2. The van der Waals surface area contributed by atoms with Gasteiger partial charge in [-0.15, -0.1) is 12.4 Å². The molecule has 0 aromatic rings. The summed E-state index contributed by atoms with van der Waals surface area (Å²) in [5.74, 6) is -1.26. The molecule has 0 saturated heterocycles. The number of hydrogen-bond acceptors (Lipinski definition) is 2. The van der Waals surface area contributed by atoms with E-state index in [2.05, 4.69) is 0 Å². The average Bonchev–Trinajstić information content (AvgIpc) is 1.92. The van der Waals surface area contributed by atoms with Gasteiger partial charge < -0.3 is 10.0 Å². The van der Waals surface area contributed by atoms with Crippen molar-refractivity contribution in [3.63, 3.8) is 0 Å². The van der Waals surface area contributed by atoms with Gasteiger partial charge in [-0.1, -0.05) is 6.08 Å². The van der Waals surface area contributed by atoms with Gasteiger partial charge in [0.05, 0.1) is 0 Å². The van der Waals surface area contributed by atoms with Crippen LogP contribution in [0.25, 0.3) is 0 Å². The Morgan fingerprint density at radius 3 is 2.80 bits per heavy atom. The van der Waals surface area contributed by atoms with Gasteiger partial charge in [-0.3, -0.25) is 0 Å². The zero-order valence-corrected chi connectivity index (χ0v) is 5.89. The SMILES string of the molecule is Cl.[2H]C([2H])([2H])N(CC=CC(=O)O)C([2H])([2H])[2H]. The van der Waals surface area contributed by atoms with Crippen molar-refractivity contribution in [3.8, 4) is 0 Å². The number of likely N-dealkylation sites (N-methyl/N-ethyl adjacent to an activating group) is 1. The second-order valence-corrected chi connectivity index (χ2v) is 1.35. The molecule has 0 aromatic carbocycles. The summed E-state index contributed by atoms with van der Waals surface area (Å²) >= 11 is 0. The largest absolute Gasteiger partial charge is 0.478 e. The average molecular weight is 172 g/mol. The molecule has 0 aliphatic heterocycles. The van der Waals surface area contributed by atoms with Crippen molar-refractivity contribution in [2.45, 2.75) is 0 Å². The lowest BCUT2D eigenvalue weighted by molar-refractivity contribution is -0.131. The fourth-order valence-electron chi connectivity index (χ4n) is 0.259. The number of nitrogens with zero attached hydrogens (tertiary/aromatic N) is 1. The fraction of sp³-hybridized carbons (Fsp3) is 0.500. The molecule has 0 bridgehead atoms. The molecule has 0 saturated carbocycles. The molecule has 3 nitrogen and oxygen atoms in total. The van der Waals surface area contributed by atoms with E-state index in [0.717, 1.165) is 6.08 Å². The molecule has 1 N–H and O–H groups in total. The van der Waals surface area contributed by atoms with E-state index in [9.17, 15) is 4.79 Å². The third kappa shape index (κ3) is 10.4. The third-order valence-electron chi connectivity index (χ3n) is 0.548. The minimum atomic E-state index is -2.78. The number of carbonyl (C=O) groups is 1. The maximum Gasteiger partial charge on any atom is 0.328 e. The van der Waals surface area contributed by atoms with E-state index in [1.54, 1.807) is 0 Å². The molecule has 0 atom stereocenters. The topological polar surface area (TPSA) is 40.5 Å². The van der Waals surface area contributed by atoms with Crippen LogP contribution < -0.4 is 0 Å². The zero-order chi connectivity index (χ0) is 12.3. The summed E-state index contributed by atoms with van der Waals surface area (Å²) in [5, 5.41) is 8.25. The molecular weight excluding hydrogens is 154 g/mol. The van der Waals surface area contributed by atoms with Gasteiger partial charge in [-0.25, -0.2) is 4.79 Å². The van der Waals surface area contributed by atoms with E-state index >= 15 is 0 Å². The summed E-state index contributed by atoms with van der Waals surface area (Å²) in [6.45, 7) is -6.04. The van der Waals surface area contributed by atoms with Crippen LogP contribution in [0.3, 0.4) is 0 Å². The van der Waals surface area contributed by atoms with Crippen molar-refractivity contribution in [1.29, 1.82) is 0 Å². The molecule has 0 unspecified atom stereocenters. The summed E-state index contributed by atoms with van der Waals surface area (Å²) in [6, 6.07) is 0. The first-order valence-corrected chi connectivity index (χ1v) is 2.22. The van der Waals surface area contributed by atoms with Gasteiger partial charge in [0.25, 0.3) is 0 Å². The van der Waals surface area contributed by atoms with Crippen molar-refractivity contribution in [2.75, 3.05) is 20.5 Å². The van der Waals surface area contributed by atoms with Crippen LogP contribution in [0.15, 0.2) is 12.2 Å². The Balaban J connectivity index is 0. The summed E-state index contributed by atoms with van der Waals surface area (Å²) < 4.78 is 41.7. The lowest BCUT2D eigenvalue weighted by Crippen LogP contribution is -2.10. The first-order chi connectivity index (χ1) is 6.55. The van der Waals surface area contributed by atoms with Crippen LogP contribution in [0.2, 0.25) is 0 Å². The van der Waals surface area contributed by atoms with E-state index in [1.807, 2.05) is 0 Å². The maximum absolute atomic E-state index is 10.1. The number of halogens is 1. The molecule has 0 radical (unpaired) electrons. The predicted molar refractivity (Wildman–Crippen MR) is 42.6 cm³/mol. The lowest BCUT2D eigenvalue weighted by atomic mass is 10.5. The first-order valence-electron chi connectivity index (χ1n) is 5.22. The Kier molecular flexibility index (Phi) is 2.46. The van der Waals surface area contributed by atoms with Crippen LogP contribution in [0.1, 0.15) is 8.22 Å². The minimum absolute atomic E-state index is 0. The van der Waals surface area contributed by atoms with Gasteiger partial charge in [0.15, 0.2) is 0 Å². The van der Waals surface area contributed by atoms with Crippen molar-refractivity contribution in [2.24, 2.45) is 0 Å². The van der Waals surface area contributed by atoms with Crippen LogP contribution >= 0.6 is 12.4 Å². The molecule has 60 valence electrons. The van der Waals surface area contributed by atoms with E-state index in [-0.39, 0.29) is 17.3 Å². The first kappa shape index (κ1) is 3.74. The molecule has 10 heavy (non-hydrogen) atoms. The molecule has 0 aliphatic rings. The Hall–Kier alpha value is -0.540. The van der Waals surface area contributed by atoms with Crippen LogP contribution in [-0.4, -0.2) is 36.5 Å². The molecule has 0 rings (SSSR count). The molecule has 4 heteroatoms. The van der Waals surface area contributed by atoms with E-state index in [1.165, 1.54) is 0 Å². The highest BCUT2D eigenvalue weighted by atomic mass is 35.5. The van der Waals surface area contributed by atoms with Crippen LogP contribution in [0.4, 0.5) is 0 Å². The van der Waals surface area contributed by atoms with Crippen molar-refractivity contribution in [1.82, 2.24) is 4.90 Å². The number of aliphatic carboxylic acids is 1. The highest BCUT2D eigenvalue weighted by Crippen LogP contribution is 1.76. The number of carboxylic acid groups (broad SMARTS) is 1. The van der Waals surface area contributed by atoms with Gasteiger partial charge in [0.2, 0.25) is 0 Å². The Morgan fingerprint density at radius 1 is 1.80 bits per heavy atom. The van der Waals surface area contributed by atoms with E-state index in [0.29, 0.717) is 6.08 Å². The van der Waals surface area contributed by atoms with Gasteiger partial charge in [-0.2, -0.15) is 0 Å². The Bertz CT molecular complexity index is 247.